The first-order valence-corrected chi connectivity index (χ1v) is 9.45. The highest BCUT2D eigenvalue weighted by atomic mass is 19.1. The van der Waals surface area contributed by atoms with Crippen molar-refractivity contribution in [1.82, 2.24) is 20.0 Å². The number of nitrogens with zero attached hydrogens (tertiary/aromatic N) is 3. The molecule has 1 aliphatic heterocycles. The molecule has 154 valence electrons. The highest BCUT2D eigenvalue weighted by Crippen LogP contribution is 2.29. The van der Waals surface area contributed by atoms with E-state index in [1.54, 1.807) is 18.2 Å². The summed E-state index contributed by atoms with van der Waals surface area (Å²) in [6, 6.07) is 10.2. The Morgan fingerprint density at radius 3 is 2.43 bits per heavy atom. The summed E-state index contributed by atoms with van der Waals surface area (Å²) < 4.78 is 19.5. The largest absolute Gasteiger partial charge is 0.417 e. The minimum absolute atomic E-state index is 0.150. The highest BCUT2D eigenvalue weighted by molar-refractivity contribution is 6.04. The maximum Gasteiger partial charge on any atom is 0.417 e. The molecule has 1 aliphatic rings. The van der Waals surface area contributed by atoms with Gasteiger partial charge in [0, 0.05) is 44.1 Å². The third kappa shape index (κ3) is 3.79. The minimum atomic E-state index is -0.791. The molecule has 1 saturated heterocycles. The fourth-order valence-corrected chi connectivity index (χ4v) is 3.36. The van der Waals surface area contributed by atoms with Gasteiger partial charge in [0.05, 0.1) is 11.1 Å². The quantitative estimate of drug-likeness (QED) is 0.516. The Morgan fingerprint density at radius 2 is 1.77 bits per heavy atom. The summed E-state index contributed by atoms with van der Waals surface area (Å²) in [6.07, 6.45) is -0.695. The van der Waals surface area contributed by atoms with E-state index in [0.717, 1.165) is 0 Å². The topological polar surface area (TPSA) is 93.5 Å². The lowest BCUT2D eigenvalue weighted by Crippen LogP contribution is -2.47. The summed E-state index contributed by atoms with van der Waals surface area (Å²) in [5.74, 6) is -1.50. The zero-order valence-electron chi connectivity index (χ0n) is 16.2. The number of rotatable bonds is 2. The van der Waals surface area contributed by atoms with Crippen LogP contribution in [0, 0.1) is 5.82 Å². The van der Waals surface area contributed by atoms with E-state index in [4.69, 9.17) is 4.74 Å². The third-order valence-electron chi connectivity index (χ3n) is 4.89. The lowest BCUT2D eigenvalue weighted by Gasteiger charge is -2.25. The first kappa shape index (κ1) is 19.7. The lowest BCUT2D eigenvalue weighted by atomic mass is 10.1. The first-order valence-electron chi connectivity index (χ1n) is 9.45. The zero-order chi connectivity index (χ0) is 21.3. The fraction of sp³-hybridized carbons (Fsp3) is 0.238. The van der Waals surface area contributed by atoms with Crippen LogP contribution in [0.3, 0.4) is 0 Å². The van der Waals surface area contributed by atoms with Crippen molar-refractivity contribution in [2.24, 2.45) is 0 Å². The summed E-state index contributed by atoms with van der Waals surface area (Å²) in [7, 11) is 0. The number of fused-ring (bicyclic) bond motifs is 1. The fourth-order valence-electron chi connectivity index (χ4n) is 3.36. The predicted octanol–water partition coefficient (Wildman–Crippen LogP) is 2.68. The van der Waals surface area contributed by atoms with E-state index in [-0.39, 0.29) is 11.5 Å². The van der Waals surface area contributed by atoms with E-state index < -0.39 is 17.9 Å². The number of halogens is 1. The number of aromatic nitrogens is 2. The number of carbonyl (C=O) groups excluding carboxylic acids is 3. The van der Waals surface area contributed by atoms with Crippen molar-refractivity contribution in [3.63, 3.8) is 0 Å². The van der Waals surface area contributed by atoms with Crippen molar-refractivity contribution in [3.05, 3.63) is 53.8 Å². The second-order valence-electron chi connectivity index (χ2n) is 6.91. The number of nitrogens with one attached hydrogen (secondary N) is 1. The van der Waals surface area contributed by atoms with E-state index in [1.807, 2.05) is 0 Å². The number of ether oxygens (including phenoxy) is 1. The zero-order valence-corrected chi connectivity index (χ0v) is 16.2. The molecule has 30 heavy (non-hydrogen) atoms. The average Bonchev–Trinajstić information content (AvgIpc) is 3.14. The molecule has 0 aliphatic carbocycles. The second-order valence-corrected chi connectivity index (χ2v) is 6.91. The standard InChI is InChI=1S/C21H19FN4O4/c1-13(27)26-18-7-4-15(20(28)30-21(29)25-10-8-23-9-11-25)12-17(18)19(24-26)14-2-5-16(22)6-3-14/h2-7,12,23H,8-11H2,1H3. The minimum Gasteiger partial charge on any atom is -0.372 e. The molecular formula is C21H19FN4O4. The SMILES string of the molecule is CC(=O)n1nc(-c2ccc(F)cc2)c2cc(C(=O)OC(=O)N3CCNCC3)ccc21. The van der Waals surface area contributed by atoms with E-state index >= 15 is 0 Å². The van der Waals surface area contributed by atoms with Crippen LogP contribution in [0.2, 0.25) is 0 Å². The highest BCUT2D eigenvalue weighted by Gasteiger charge is 2.23. The van der Waals surface area contributed by atoms with Gasteiger partial charge in [0.2, 0.25) is 5.91 Å². The Bertz CT molecular complexity index is 1130. The van der Waals surface area contributed by atoms with Crippen LogP contribution < -0.4 is 5.32 Å². The second kappa shape index (κ2) is 8.03. The van der Waals surface area contributed by atoms with Gasteiger partial charge in [-0.1, -0.05) is 0 Å². The number of piperazine rings is 1. The van der Waals surface area contributed by atoms with Crippen LogP contribution in [-0.4, -0.2) is 58.8 Å². The van der Waals surface area contributed by atoms with Gasteiger partial charge in [0.25, 0.3) is 0 Å². The number of hydrogen-bond donors (Lipinski definition) is 1. The van der Waals surface area contributed by atoms with Crippen LogP contribution in [0.4, 0.5) is 9.18 Å². The number of hydrogen-bond acceptors (Lipinski definition) is 6. The maximum atomic E-state index is 13.3. The van der Waals surface area contributed by atoms with Crippen LogP contribution in [0.5, 0.6) is 0 Å². The van der Waals surface area contributed by atoms with Gasteiger partial charge in [-0.15, -0.1) is 0 Å². The molecule has 1 aromatic heterocycles. The molecule has 9 heteroatoms. The van der Waals surface area contributed by atoms with Gasteiger partial charge in [-0.2, -0.15) is 9.78 Å². The van der Waals surface area contributed by atoms with Gasteiger partial charge in [0.15, 0.2) is 0 Å². The average molecular weight is 410 g/mol. The number of esters is 1. The van der Waals surface area contributed by atoms with Crippen LogP contribution in [0.25, 0.3) is 22.2 Å². The lowest BCUT2D eigenvalue weighted by molar-refractivity contribution is 0.0532. The molecular weight excluding hydrogens is 391 g/mol. The molecule has 2 aromatic carbocycles. The van der Waals surface area contributed by atoms with Gasteiger partial charge in [-0.25, -0.2) is 14.0 Å². The Morgan fingerprint density at radius 1 is 1.07 bits per heavy atom. The van der Waals surface area contributed by atoms with Gasteiger partial charge < -0.3 is 15.0 Å². The molecule has 0 radical (unpaired) electrons. The predicted molar refractivity (Wildman–Crippen MR) is 107 cm³/mol. The molecule has 1 amide bonds. The van der Waals surface area contributed by atoms with Gasteiger partial charge >= 0.3 is 12.1 Å². The molecule has 3 aromatic rings. The number of carbonyl (C=O) groups is 3. The van der Waals surface area contributed by atoms with Crippen molar-refractivity contribution in [2.45, 2.75) is 6.92 Å². The van der Waals surface area contributed by atoms with Crippen LogP contribution in [0.15, 0.2) is 42.5 Å². The number of amides is 1. The van der Waals surface area contributed by atoms with E-state index in [2.05, 4.69) is 10.4 Å². The summed E-state index contributed by atoms with van der Waals surface area (Å²) in [5.41, 5.74) is 1.65. The first-order chi connectivity index (χ1) is 14.4. The Kier molecular flexibility index (Phi) is 5.28. The Hall–Kier alpha value is -3.59. The molecule has 0 spiro atoms. The van der Waals surface area contributed by atoms with Crippen molar-refractivity contribution >= 4 is 28.9 Å². The summed E-state index contributed by atoms with van der Waals surface area (Å²) in [6.45, 7) is 3.58. The Balaban J connectivity index is 1.69. The molecule has 0 unspecified atom stereocenters. The monoisotopic (exact) mass is 410 g/mol. The van der Waals surface area contributed by atoms with E-state index in [1.165, 1.54) is 40.8 Å². The molecule has 0 saturated carbocycles. The smallest absolute Gasteiger partial charge is 0.372 e. The van der Waals surface area contributed by atoms with Gasteiger partial charge in [0.1, 0.15) is 11.5 Å². The molecule has 8 nitrogen and oxygen atoms in total. The van der Waals surface area contributed by atoms with Crippen molar-refractivity contribution in [2.75, 3.05) is 26.2 Å². The van der Waals surface area contributed by atoms with Crippen molar-refractivity contribution < 1.29 is 23.5 Å². The molecule has 0 bridgehead atoms. The van der Waals surface area contributed by atoms with Gasteiger partial charge in [-0.05, 0) is 42.5 Å². The van der Waals surface area contributed by atoms with E-state index in [0.29, 0.717) is 48.3 Å². The Labute approximate surface area is 171 Å². The normalized spacial score (nSPS) is 14.0. The molecule has 2 heterocycles. The van der Waals surface area contributed by atoms with E-state index in [9.17, 15) is 18.8 Å². The van der Waals surface area contributed by atoms with Crippen LogP contribution in [-0.2, 0) is 4.74 Å². The third-order valence-corrected chi connectivity index (χ3v) is 4.89. The van der Waals surface area contributed by atoms with Gasteiger partial charge in [-0.3, -0.25) is 4.79 Å². The summed E-state index contributed by atoms with van der Waals surface area (Å²) in [4.78, 5) is 38.2. The molecule has 1 N–H and O–H groups in total. The van der Waals surface area contributed by atoms with Crippen LogP contribution in [0.1, 0.15) is 22.1 Å². The maximum absolute atomic E-state index is 13.3. The molecule has 0 atom stereocenters. The number of benzene rings is 2. The van der Waals surface area contributed by atoms with Crippen molar-refractivity contribution in [1.29, 1.82) is 0 Å². The molecule has 1 fully saturated rings. The molecule has 4 rings (SSSR count). The summed E-state index contributed by atoms with van der Waals surface area (Å²) in [5, 5.41) is 7.97. The van der Waals surface area contributed by atoms with Crippen LogP contribution >= 0.6 is 0 Å². The summed E-state index contributed by atoms with van der Waals surface area (Å²) >= 11 is 0. The van der Waals surface area contributed by atoms with Crippen molar-refractivity contribution in [3.8, 4) is 11.3 Å².